The lowest BCUT2D eigenvalue weighted by atomic mass is 9.78. The van der Waals surface area contributed by atoms with Gasteiger partial charge < -0.3 is 10.2 Å². The molecule has 5 rings (SSSR count). The highest BCUT2D eigenvalue weighted by Gasteiger charge is 2.57. The molecule has 2 aliphatic heterocycles. The Hall–Kier alpha value is -2.16. The van der Waals surface area contributed by atoms with Gasteiger partial charge in [-0.15, -0.1) is 0 Å². The lowest BCUT2D eigenvalue weighted by molar-refractivity contribution is -0.144. The highest BCUT2D eigenvalue weighted by molar-refractivity contribution is 5.84. The molecular weight excluding hydrogens is 409 g/mol. The molecule has 31 heavy (non-hydrogen) atoms. The van der Waals surface area contributed by atoms with Crippen molar-refractivity contribution in [1.29, 1.82) is 0 Å². The van der Waals surface area contributed by atoms with Gasteiger partial charge in [-0.05, 0) is 43.2 Å². The summed E-state index contributed by atoms with van der Waals surface area (Å²) in [5, 5.41) is 2.85. The van der Waals surface area contributed by atoms with Gasteiger partial charge in [0.2, 0.25) is 11.8 Å². The lowest BCUT2D eigenvalue weighted by Crippen LogP contribution is -2.52. The molecule has 0 aromatic carbocycles. The summed E-state index contributed by atoms with van der Waals surface area (Å²) in [6.45, 7) is 2.51. The molecule has 6 nitrogen and oxygen atoms in total. The molecule has 168 valence electrons. The third-order valence-electron chi connectivity index (χ3n) is 7.78. The minimum absolute atomic E-state index is 0.0318. The second-order valence-corrected chi connectivity index (χ2v) is 9.46. The van der Waals surface area contributed by atoms with E-state index in [0.717, 1.165) is 50.9 Å². The van der Waals surface area contributed by atoms with E-state index >= 15 is 0 Å². The molecular formula is C22H27F3N4O2. The van der Waals surface area contributed by atoms with Crippen molar-refractivity contribution in [3.8, 4) is 0 Å². The number of alkyl halides is 3. The second-order valence-electron chi connectivity index (χ2n) is 9.46. The van der Waals surface area contributed by atoms with Crippen LogP contribution in [-0.4, -0.2) is 58.8 Å². The summed E-state index contributed by atoms with van der Waals surface area (Å²) < 4.78 is 39.4. The number of amides is 2. The van der Waals surface area contributed by atoms with E-state index in [-0.39, 0.29) is 30.3 Å². The first-order valence-corrected chi connectivity index (χ1v) is 11.1. The van der Waals surface area contributed by atoms with Crippen LogP contribution in [0.15, 0.2) is 12.3 Å². The summed E-state index contributed by atoms with van der Waals surface area (Å²) in [5.74, 6) is 0.405. The van der Waals surface area contributed by atoms with E-state index in [1.807, 2.05) is 0 Å². The summed E-state index contributed by atoms with van der Waals surface area (Å²) in [6.07, 6.45) is 1.44. The fraction of sp³-hybridized carbons (Fsp3) is 0.682. The maximum Gasteiger partial charge on any atom is 0.417 e. The van der Waals surface area contributed by atoms with Crippen LogP contribution >= 0.6 is 0 Å². The number of carbonyl (C=O) groups excluding carboxylic acids is 2. The average molecular weight is 436 g/mol. The number of hydrogen-bond donors (Lipinski definition) is 1. The minimum atomic E-state index is -4.44. The quantitative estimate of drug-likeness (QED) is 0.773. The number of hydrogen-bond acceptors (Lipinski definition) is 4. The Labute approximate surface area is 179 Å². The molecule has 0 bridgehead atoms. The Bertz CT molecular complexity index is 905. The number of nitrogens with zero attached hydrogens (tertiary/aromatic N) is 3. The normalized spacial score (nSPS) is 31.3. The van der Waals surface area contributed by atoms with Gasteiger partial charge >= 0.3 is 6.18 Å². The van der Waals surface area contributed by atoms with E-state index in [9.17, 15) is 22.8 Å². The molecule has 2 aliphatic carbocycles. The molecule has 4 aliphatic rings. The van der Waals surface area contributed by atoms with Gasteiger partial charge in [-0.1, -0.05) is 6.42 Å². The van der Waals surface area contributed by atoms with Crippen LogP contribution in [0.2, 0.25) is 0 Å². The molecule has 3 heterocycles. The Balaban J connectivity index is 1.35. The smallest absolute Gasteiger partial charge is 0.354 e. The fourth-order valence-electron chi connectivity index (χ4n) is 6.28. The number of aromatic nitrogens is 1. The maximum absolute atomic E-state index is 13.8. The van der Waals surface area contributed by atoms with E-state index in [4.69, 9.17) is 0 Å². The molecule has 1 saturated heterocycles. The Morgan fingerprint density at radius 3 is 2.87 bits per heavy atom. The van der Waals surface area contributed by atoms with Crippen LogP contribution in [0.4, 0.5) is 13.2 Å². The van der Waals surface area contributed by atoms with E-state index in [0.29, 0.717) is 37.3 Å². The van der Waals surface area contributed by atoms with Crippen LogP contribution in [0.3, 0.4) is 0 Å². The monoisotopic (exact) mass is 436 g/mol. The Morgan fingerprint density at radius 1 is 1.26 bits per heavy atom. The third-order valence-corrected chi connectivity index (χ3v) is 7.78. The number of piperazine rings is 1. The van der Waals surface area contributed by atoms with Crippen LogP contribution in [0, 0.1) is 11.3 Å². The molecule has 0 spiro atoms. The first-order valence-electron chi connectivity index (χ1n) is 11.1. The second kappa shape index (κ2) is 7.46. The first kappa shape index (κ1) is 20.7. The van der Waals surface area contributed by atoms with E-state index in [2.05, 4.69) is 15.2 Å². The summed E-state index contributed by atoms with van der Waals surface area (Å²) in [6, 6.07) is 1.37. The fourth-order valence-corrected chi connectivity index (χ4v) is 6.28. The molecule has 2 amide bonds. The molecule has 0 unspecified atom stereocenters. The topological polar surface area (TPSA) is 65.5 Å². The Morgan fingerprint density at radius 2 is 2.10 bits per heavy atom. The van der Waals surface area contributed by atoms with Crippen LogP contribution in [0.1, 0.15) is 48.9 Å². The predicted molar refractivity (Wildman–Crippen MR) is 106 cm³/mol. The molecule has 2 saturated carbocycles. The Kier molecular flexibility index (Phi) is 4.99. The molecule has 9 heteroatoms. The zero-order valence-electron chi connectivity index (χ0n) is 17.4. The van der Waals surface area contributed by atoms with E-state index in [1.165, 1.54) is 0 Å². The molecule has 3 fully saturated rings. The maximum atomic E-state index is 13.8. The van der Waals surface area contributed by atoms with Crippen LogP contribution in [0.5, 0.6) is 0 Å². The van der Waals surface area contributed by atoms with Crippen molar-refractivity contribution in [3.63, 3.8) is 0 Å². The van der Waals surface area contributed by atoms with E-state index in [1.54, 1.807) is 4.90 Å². The van der Waals surface area contributed by atoms with Gasteiger partial charge in [0.1, 0.15) is 0 Å². The van der Waals surface area contributed by atoms with Gasteiger partial charge in [0.25, 0.3) is 0 Å². The van der Waals surface area contributed by atoms with Gasteiger partial charge in [-0.2, -0.15) is 13.2 Å². The third kappa shape index (κ3) is 3.60. The number of rotatable bonds is 2. The standard InChI is InChI=1S/C22H27F3N4O2/c23-22(24,25)16-8-14-12-29(6-3-18(14)27-11-16)20(31)21-4-1-2-15(21)9-17(10-21)28-7-5-26-19(30)13-28/h8,11,15,17H,1-7,9-10,12-13H2,(H,26,30)/t15-,17-,21-/m1/s1. The lowest BCUT2D eigenvalue weighted by Gasteiger charge is -2.38. The van der Waals surface area contributed by atoms with Gasteiger partial charge in [0.15, 0.2) is 0 Å². The highest BCUT2D eigenvalue weighted by atomic mass is 19.4. The summed E-state index contributed by atoms with van der Waals surface area (Å²) in [7, 11) is 0. The molecule has 0 radical (unpaired) electrons. The zero-order valence-corrected chi connectivity index (χ0v) is 17.4. The van der Waals surface area contributed by atoms with Crippen LogP contribution < -0.4 is 5.32 Å². The van der Waals surface area contributed by atoms with Crippen molar-refractivity contribution < 1.29 is 22.8 Å². The van der Waals surface area contributed by atoms with E-state index < -0.39 is 17.2 Å². The highest BCUT2D eigenvalue weighted by Crippen LogP contribution is 2.56. The number of carbonyl (C=O) groups is 2. The van der Waals surface area contributed by atoms with Gasteiger partial charge in [-0.25, -0.2) is 0 Å². The van der Waals surface area contributed by atoms with Crippen molar-refractivity contribution in [2.24, 2.45) is 11.3 Å². The van der Waals surface area contributed by atoms with Crippen molar-refractivity contribution in [2.75, 3.05) is 26.2 Å². The number of halogens is 3. The van der Waals surface area contributed by atoms with Crippen molar-refractivity contribution >= 4 is 11.8 Å². The van der Waals surface area contributed by atoms with Gasteiger partial charge in [0, 0.05) is 50.5 Å². The predicted octanol–water partition coefficient (Wildman–Crippen LogP) is 2.37. The summed E-state index contributed by atoms with van der Waals surface area (Å²) >= 11 is 0. The SMILES string of the molecule is O=C1CN([C@@H]2C[C@H]3CCC[C@@]3(C(=O)N3CCc4ncc(C(F)(F)F)cc4C3)C2)CCN1. The molecule has 1 aromatic rings. The minimum Gasteiger partial charge on any atom is -0.354 e. The van der Waals surface area contributed by atoms with Gasteiger partial charge in [-0.3, -0.25) is 19.5 Å². The van der Waals surface area contributed by atoms with Crippen molar-refractivity contribution in [1.82, 2.24) is 20.1 Å². The van der Waals surface area contributed by atoms with Crippen molar-refractivity contribution in [3.05, 3.63) is 29.1 Å². The zero-order chi connectivity index (χ0) is 21.8. The molecule has 1 N–H and O–H groups in total. The number of nitrogens with one attached hydrogen (secondary N) is 1. The van der Waals surface area contributed by atoms with Crippen LogP contribution in [0.25, 0.3) is 0 Å². The number of fused-ring (bicyclic) bond motifs is 2. The largest absolute Gasteiger partial charge is 0.417 e. The average Bonchev–Trinajstić information content (AvgIpc) is 3.30. The summed E-state index contributed by atoms with van der Waals surface area (Å²) in [5.41, 5.74) is -0.0453. The number of pyridine rings is 1. The molecule has 3 atom stereocenters. The molecule has 1 aromatic heterocycles. The summed E-state index contributed by atoms with van der Waals surface area (Å²) in [4.78, 5) is 33.6. The van der Waals surface area contributed by atoms with Crippen molar-refractivity contribution in [2.45, 2.75) is 57.3 Å². The van der Waals surface area contributed by atoms with Gasteiger partial charge in [0.05, 0.1) is 17.5 Å². The van der Waals surface area contributed by atoms with Crippen LogP contribution in [-0.2, 0) is 28.7 Å². The first-order chi connectivity index (χ1) is 14.8.